The normalized spacial score (nSPS) is 10.0. The molecule has 0 aromatic rings. The van der Waals surface area contributed by atoms with Crippen LogP contribution in [0.15, 0.2) is 0 Å². The molecule has 0 saturated carbocycles. The van der Waals surface area contributed by atoms with Crippen molar-refractivity contribution in [3.05, 3.63) is 0 Å². The Morgan fingerprint density at radius 2 is 0.833 bits per heavy atom. The summed E-state index contributed by atoms with van der Waals surface area (Å²) in [4.78, 5) is 0. The van der Waals surface area contributed by atoms with Gasteiger partial charge in [0.1, 0.15) is 0 Å². The molecule has 0 radical (unpaired) electrons. The van der Waals surface area contributed by atoms with Crippen molar-refractivity contribution in [1.82, 2.24) is 0 Å². The van der Waals surface area contributed by atoms with E-state index in [-0.39, 0.29) is 18.9 Å². The van der Waals surface area contributed by atoms with Gasteiger partial charge in [-0.15, -0.1) is 0 Å². The third-order valence-corrected chi connectivity index (χ3v) is 0. The monoisotopic (exact) mass is 80.1 g/mol. The van der Waals surface area contributed by atoms with Crippen LogP contribution in [0.4, 0.5) is 0 Å². The average Bonchev–Trinajstić information content (AvgIpc) is 0.722. The van der Waals surface area contributed by atoms with Crippen LogP contribution < -0.4 is 0 Å². The first kappa shape index (κ1) is 9.78. The van der Waals surface area contributed by atoms with Crippen molar-refractivity contribution in [2.45, 2.75) is 27.7 Å². The summed E-state index contributed by atoms with van der Waals surface area (Å²) in [5.74, 6) is 0. The molecule has 0 saturated heterocycles. The summed E-state index contributed by atoms with van der Waals surface area (Å²) in [6, 6.07) is 0. The molecule has 0 amide bonds. The van der Waals surface area contributed by atoms with E-state index in [1.54, 1.807) is 0 Å². The zero-order chi connectivity index (χ0) is 4.50. The fraction of sp³-hybridized carbons (Fsp3) is 1.00. The van der Waals surface area contributed by atoms with Crippen LogP contribution in [0, 0.1) is 5.41 Å². The molecular weight excluding hydrogens is 67.0 g/mol. The van der Waals surface area contributed by atoms with E-state index in [1.807, 2.05) is 0 Å². The minimum atomic E-state index is 0. The summed E-state index contributed by atoms with van der Waals surface area (Å²) in [5.41, 5.74) is 0.500. The topological polar surface area (TPSA) is 0 Å². The molecule has 0 aliphatic heterocycles. The molecule has 0 nitrogen and oxygen atoms in total. The van der Waals surface area contributed by atoms with Crippen LogP contribution in [0.3, 0.4) is 0 Å². The molecule has 0 rings (SSSR count). The molecular formula is C5H13Li. The van der Waals surface area contributed by atoms with Crippen LogP contribution in [0.2, 0.25) is 0 Å². The Morgan fingerprint density at radius 3 is 0.833 bits per heavy atom. The maximum atomic E-state index is 2.19. The van der Waals surface area contributed by atoms with E-state index >= 15 is 0 Å². The van der Waals surface area contributed by atoms with Crippen LogP contribution in [0.25, 0.3) is 0 Å². The number of hydrogen-bond donors (Lipinski definition) is 0. The molecule has 0 bridgehead atoms. The van der Waals surface area contributed by atoms with Gasteiger partial charge in [0.05, 0.1) is 0 Å². The van der Waals surface area contributed by atoms with Gasteiger partial charge in [-0.3, -0.25) is 0 Å². The second-order valence-corrected chi connectivity index (χ2v) is 3.00. The van der Waals surface area contributed by atoms with Gasteiger partial charge in [-0.05, 0) is 5.41 Å². The van der Waals surface area contributed by atoms with Gasteiger partial charge in [0.15, 0.2) is 0 Å². The van der Waals surface area contributed by atoms with Gasteiger partial charge in [0.25, 0.3) is 0 Å². The Bertz CT molecular complexity index is 19.4. The van der Waals surface area contributed by atoms with E-state index in [4.69, 9.17) is 0 Å². The fourth-order valence-electron chi connectivity index (χ4n) is 0. The van der Waals surface area contributed by atoms with Crippen molar-refractivity contribution < 1.29 is 0 Å². The van der Waals surface area contributed by atoms with Crippen molar-refractivity contribution in [2.24, 2.45) is 5.41 Å². The van der Waals surface area contributed by atoms with Gasteiger partial charge in [0, 0.05) is 0 Å². The summed E-state index contributed by atoms with van der Waals surface area (Å²) >= 11 is 0. The Kier molecular flexibility index (Phi) is 4.43. The molecule has 0 heterocycles. The van der Waals surface area contributed by atoms with E-state index in [2.05, 4.69) is 27.7 Å². The second-order valence-electron chi connectivity index (χ2n) is 3.00. The van der Waals surface area contributed by atoms with Crippen molar-refractivity contribution in [1.29, 1.82) is 0 Å². The Hall–Kier alpha value is 0.597. The van der Waals surface area contributed by atoms with Crippen molar-refractivity contribution in [2.75, 3.05) is 0 Å². The predicted octanol–water partition coefficient (Wildman–Crippen LogP) is 1.40. The maximum absolute atomic E-state index is 2.19. The van der Waals surface area contributed by atoms with E-state index in [0.717, 1.165) is 0 Å². The Morgan fingerprint density at radius 1 is 0.833 bits per heavy atom. The fourth-order valence-corrected chi connectivity index (χ4v) is 0. The van der Waals surface area contributed by atoms with E-state index in [0.29, 0.717) is 5.41 Å². The van der Waals surface area contributed by atoms with Crippen LogP contribution in [0.1, 0.15) is 27.7 Å². The first-order chi connectivity index (χ1) is 2.00. The third kappa shape index (κ3) is 167. The Labute approximate surface area is 52.5 Å². The number of hydrogen-bond acceptors (Lipinski definition) is 0. The van der Waals surface area contributed by atoms with Gasteiger partial charge in [-0.1, -0.05) is 27.7 Å². The summed E-state index contributed by atoms with van der Waals surface area (Å²) in [6.07, 6.45) is 0. The first-order valence-corrected chi connectivity index (χ1v) is 2.00. The Balaban J connectivity index is 0. The molecule has 0 unspecified atom stereocenters. The van der Waals surface area contributed by atoms with E-state index in [1.165, 1.54) is 0 Å². The van der Waals surface area contributed by atoms with Crippen molar-refractivity contribution >= 4 is 18.9 Å². The van der Waals surface area contributed by atoms with Crippen LogP contribution in [-0.4, -0.2) is 18.9 Å². The predicted molar refractivity (Wildman–Crippen MR) is 32.3 cm³/mol. The SMILES string of the molecule is CC(C)(C)C.[LiH]. The summed E-state index contributed by atoms with van der Waals surface area (Å²) in [6.45, 7) is 8.75. The summed E-state index contributed by atoms with van der Waals surface area (Å²) < 4.78 is 0. The molecule has 0 fully saturated rings. The van der Waals surface area contributed by atoms with Crippen molar-refractivity contribution in [3.8, 4) is 0 Å². The molecule has 0 atom stereocenters. The molecule has 0 aliphatic rings. The molecule has 34 valence electrons. The van der Waals surface area contributed by atoms with E-state index in [9.17, 15) is 0 Å². The molecule has 1 heteroatoms. The minimum absolute atomic E-state index is 0. The molecule has 0 aromatic heterocycles. The number of rotatable bonds is 0. The standard InChI is InChI=1S/C5H12.Li.H/c1-5(2,3)4;;/h1-4H3;;. The average molecular weight is 80.1 g/mol. The van der Waals surface area contributed by atoms with Crippen LogP contribution in [-0.2, 0) is 0 Å². The molecule has 0 aliphatic carbocycles. The van der Waals surface area contributed by atoms with Crippen LogP contribution >= 0.6 is 0 Å². The summed E-state index contributed by atoms with van der Waals surface area (Å²) in [7, 11) is 0. The molecule has 0 aromatic carbocycles. The third-order valence-electron chi connectivity index (χ3n) is 0. The molecule has 0 spiro atoms. The molecule has 6 heavy (non-hydrogen) atoms. The zero-order valence-electron chi connectivity index (χ0n) is 4.50. The van der Waals surface area contributed by atoms with E-state index < -0.39 is 0 Å². The van der Waals surface area contributed by atoms with Gasteiger partial charge < -0.3 is 0 Å². The first-order valence-electron chi connectivity index (χ1n) is 2.00. The zero-order valence-corrected chi connectivity index (χ0v) is 4.50. The van der Waals surface area contributed by atoms with Gasteiger partial charge in [0.2, 0.25) is 0 Å². The van der Waals surface area contributed by atoms with Gasteiger partial charge in [-0.2, -0.15) is 0 Å². The van der Waals surface area contributed by atoms with Crippen molar-refractivity contribution in [3.63, 3.8) is 0 Å². The van der Waals surface area contributed by atoms with Gasteiger partial charge >= 0.3 is 18.9 Å². The van der Waals surface area contributed by atoms with Crippen LogP contribution in [0.5, 0.6) is 0 Å². The van der Waals surface area contributed by atoms with Gasteiger partial charge in [-0.25, -0.2) is 0 Å². The molecule has 0 N–H and O–H groups in total. The summed E-state index contributed by atoms with van der Waals surface area (Å²) in [5, 5.41) is 0. The second kappa shape index (κ2) is 2.72. The quantitative estimate of drug-likeness (QED) is 0.386.